The first-order chi connectivity index (χ1) is 6.70. The van der Waals surface area contributed by atoms with E-state index in [1.807, 2.05) is 29.6 Å². The van der Waals surface area contributed by atoms with Crippen molar-refractivity contribution < 1.29 is 9.90 Å². The van der Waals surface area contributed by atoms with Crippen molar-refractivity contribution in [2.24, 2.45) is 0 Å². The predicted molar refractivity (Wildman–Crippen MR) is 58.3 cm³/mol. The summed E-state index contributed by atoms with van der Waals surface area (Å²) in [5, 5.41) is 11.7. The maximum atomic E-state index is 10.8. The second-order valence-corrected chi connectivity index (χ2v) is 3.87. The molecule has 0 fully saturated rings. The SMILES string of the molecule is CN(C(=O)O)c1csc2ccccc12. The van der Waals surface area contributed by atoms with Crippen LogP contribution in [0.5, 0.6) is 0 Å². The first-order valence-corrected chi connectivity index (χ1v) is 5.01. The van der Waals surface area contributed by atoms with Gasteiger partial charge in [-0.05, 0) is 6.07 Å². The molecule has 0 saturated carbocycles. The Hall–Kier alpha value is -1.55. The summed E-state index contributed by atoms with van der Waals surface area (Å²) in [6.07, 6.45) is -0.937. The summed E-state index contributed by atoms with van der Waals surface area (Å²) in [7, 11) is 1.55. The summed E-state index contributed by atoms with van der Waals surface area (Å²) in [5.41, 5.74) is 0.748. The van der Waals surface area contributed by atoms with E-state index < -0.39 is 6.09 Å². The molecule has 3 nitrogen and oxygen atoms in total. The van der Waals surface area contributed by atoms with Gasteiger partial charge in [0.2, 0.25) is 0 Å². The zero-order chi connectivity index (χ0) is 10.1. The van der Waals surface area contributed by atoms with Gasteiger partial charge in [-0.3, -0.25) is 4.90 Å². The Kier molecular flexibility index (Phi) is 2.13. The third-order valence-corrected chi connectivity index (χ3v) is 3.06. The lowest BCUT2D eigenvalue weighted by molar-refractivity contribution is 0.203. The number of carboxylic acid groups (broad SMARTS) is 1. The molecule has 0 unspecified atom stereocenters. The average Bonchev–Trinajstić information content (AvgIpc) is 2.60. The fourth-order valence-electron chi connectivity index (χ4n) is 1.33. The Balaban J connectivity index is 2.58. The molecule has 14 heavy (non-hydrogen) atoms. The van der Waals surface area contributed by atoms with Gasteiger partial charge in [-0.15, -0.1) is 11.3 Å². The fourth-order valence-corrected chi connectivity index (χ4v) is 2.31. The zero-order valence-electron chi connectivity index (χ0n) is 7.60. The number of hydrogen-bond acceptors (Lipinski definition) is 2. The van der Waals surface area contributed by atoms with Crippen LogP contribution in [0.4, 0.5) is 10.5 Å². The molecule has 1 heterocycles. The van der Waals surface area contributed by atoms with Crippen molar-refractivity contribution in [3.05, 3.63) is 29.6 Å². The molecule has 1 amide bonds. The van der Waals surface area contributed by atoms with Crippen molar-refractivity contribution in [2.75, 3.05) is 11.9 Å². The lowest BCUT2D eigenvalue weighted by atomic mass is 10.2. The van der Waals surface area contributed by atoms with Gasteiger partial charge in [-0.1, -0.05) is 18.2 Å². The Morgan fingerprint density at radius 3 is 2.86 bits per heavy atom. The van der Waals surface area contributed by atoms with Gasteiger partial charge in [-0.2, -0.15) is 0 Å². The van der Waals surface area contributed by atoms with Gasteiger partial charge in [0.05, 0.1) is 5.69 Å². The molecular formula is C10H9NO2S. The highest BCUT2D eigenvalue weighted by Crippen LogP contribution is 2.31. The minimum absolute atomic E-state index is 0.748. The molecule has 0 aliphatic rings. The number of anilines is 1. The summed E-state index contributed by atoms with van der Waals surface area (Å²) < 4.78 is 1.11. The van der Waals surface area contributed by atoms with Gasteiger partial charge in [0, 0.05) is 22.5 Å². The van der Waals surface area contributed by atoms with E-state index >= 15 is 0 Å². The first kappa shape index (κ1) is 9.02. The van der Waals surface area contributed by atoms with E-state index in [4.69, 9.17) is 5.11 Å². The molecule has 1 aromatic heterocycles. The van der Waals surface area contributed by atoms with Crippen LogP contribution in [0.25, 0.3) is 10.1 Å². The second kappa shape index (κ2) is 3.31. The van der Waals surface area contributed by atoms with Crippen LogP contribution in [0.15, 0.2) is 29.6 Å². The number of fused-ring (bicyclic) bond motifs is 1. The van der Waals surface area contributed by atoms with Crippen LogP contribution in [-0.4, -0.2) is 18.2 Å². The first-order valence-electron chi connectivity index (χ1n) is 4.13. The predicted octanol–water partition coefficient (Wildman–Crippen LogP) is 3.02. The summed E-state index contributed by atoms with van der Waals surface area (Å²) >= 11 is 1.55. The van der Waals surface area contributed by atoms with E-state index in [9.17, 15) is 4.79 Å². The highest BCUT2D eigenvalue weighted by atomic mass is 32.1. The van der Waals surface area contributed by atoms with E-state index in [0.29, 0.717) is 0 Å². The Morgan fingerprint density at radius 1 is 1.43 bits per heavy atom. The number of nitrogens with zero attached hydrogens (tertiary/aromatic N) is 1. The summed E-state index contributed by atoms with van der Waals surface area (Å²) in [6, 6.07) is 7.78. The number of rotatable bonds is 1. The van der Waals surface area contributed by atoms with Crippen LogP contribution in [0.1, 0.15) is 0 Å². The topological polar surface area (TPSA) is 40.5 Å². The number of hydrogen-bond donors (Lipinski definition) is 1. The molecule has 0 radical (unpaired) electrons. The van der Waals surface area contributed by atoms with E-state index in [0.717, 1.165) is 15.8 Å². The molecule has 0 saturated heterocycles. The normalized spacial score (nSPS) is 10.4. The Labute approximate surface area is 85.2 Å². The van der Waals surface area contributed by atoms with Gasteiger partial charge in [-0.25, -0.2) is 4.79 Å². The smallest absolute Gasteiger partial charge is 0.411 e. The largest absolute Gasteiger partial charge is 0.465 e. The molecule has 2 aromatic rings. The van der Waals surface area contributed by atoms with Gasteiger partial charge in [0.1, 0.15) is 0 Å². The van der Waals surface area contributed by atoms with Gasteiger partial charge in [0.25, 0.3) is 0 Å². The van der Waals surface area contributed by atoms with Crippen molar-refractivity contribution in [3.63, 3.8) is 0 Å². The third kappa shape index (κ3) is 1.33. The molecule has 0 atom stereocenters. The van der Waals surface area contributed by atoms with Crippen LogP contribution < -0.4 is 4.90 Å². The van der Waals surface area contributed by atoms with Crippen LogP contribution >= 0.6 is 11.3 Å². The number of thiophene rings is 1. The number of benzene rings is 1. The van der Waals surface area contributed by atoms with E-state index in [-0.39, 0.29) is 0 Å². The lowest BCUT2D eigenvalue weighted by Crippen LogP contribution is -2.23. The highest BCUT2D eigenvalue weighted by Gasteiger charge is 2.12. The van der Waals surface area contributed by atoms with Crippen molar-refractivity contribution in [1.82, 2.24) is 0 Å². The lowest BCUT2D eigenvalue weighted by Gasteiger charge is -2.10. The average molecular weight is 207 g/mol. The van der Waals surface area contributed by atoms with Crippen LogP contribution in [-0.2, 0) is 0 Å². The highest BCUT2D eigenvalue weighted by molar-refractivity contribution is 7.17. The standard InChI is InChI=1S/C10H9NO2S/c1-11(10(12)13)8-6-14-9-5-3-2-4-7(8)9/h2-6H,1H3,(H,12,13). The van der Waals surface area contributed by atoms with Gasteiger partial charge >= 0.3 is 6.09 Å². The molecule has 1 aromatic carbocycles. The molecule has 2 rings (SSSR count). The van der Waals surface area contributed by atoms with Crippen LogP contribution in [0, 0.1) is 0 Å². The molecule has 72 valence electrons. The molecule has 4 heteroatoms. The number of amides is 1. The van der Waals surface area contributed by atoms with Crippen molar-refractivity contribution in [2.45, 2.75) is 0 Å². The van der Waals surface area contributed by atoms with Gasteiger partial charge in [0.15, 0.2) is 0 Å². The maximum absolute atomic E-state index is 10.8. The minimum Gasteiger partial charge on any atom is -0.465 e. The van der Waals surface area contributed by atoms with E-state index in [2.05, 4.69) is 0 Å². The van der Waals surface area contributed by atoms with Gasteiger partial charge < -0.3 is 5.11 Å². The molecule has 1 N–H and O–H groups in total. The summed E-state index contributed by atoms with van der Waals surface area (Å²) in [4.78, 5) is 12.0. The Morgan fingerprint density at radius 2 is 2.14 bits per heavy atom. The summed E-state index contributed by atoms with van der Waals surface area (Å²) in [5.74, 6) is 0. The monoisotopic (exact) mass is 207 g/mol. The zero-order valence-corrected chi connectivity index (χ0v) is 8.41. The van der Waals surface area contributed by atoms with Crippen LogP contribution in [0.3, 0.4) is 0 Å². The van der Waals surface area contributed by atoms with Crippen molar-refractivity contribution >= 4 is 33.2 Å². The van der Waals surface area contributed by atoms with E-state index in [1.54, 1.807) is 18.4 Å². The van der Waals surface area contributed by atoms with Crippen LogP contribution in [0.2, 0.25) is 0 Å². The van der Waals surface area contributed by atoms with Crippen molar-refractivity contribution in [1.29, 1.82) is 0 Å². The van der Waals surface area contributed by atoms with E-state index in [1.165, 1.54) is 4.90 Å². The third-order valence-electron chi connectivity index (χ3n) is 2.11. The molecule has 0 aliphatic carbocycles. The molecule has 0 spiro atoms. The quantitative estimate of drug-likeness (QED) is 0.780. The molecule has 0 bridgehead atoms. The Bertz CT molecular complexity index is 478. The summed E-state index contributed by atoms with van der Waals surface area (Å²) in [6.45, 7) is 0. The minimum atomic E-state index is -0.937. The number of carbonyl (C=O) groups is 1. The fraction of sp³-hybridized carbons (Fsp3) is 0.100. The molecular weight excluding hydrogens is 198 g/mol. The maximum Gasteiger partial charge on any atom is 0.411 e. The second-order valence-electron chi connectivity index (χ2n) is 2.96. The molecule has 0 aliphatic heterocycles. The van der Waals surface area contributed by atoms with Crippen molar-refractivity contribution in [3.8, 4) is 0 Å².